The lowest BCUT2D eigenvalue weighted by molar-refractivity contribution is 0.331. The Labute approximate surface area is 380 Å². The van der Waals surface area contributed by atoms with E-state index in [2.05, 4.69) is 206 Å². The summed E-state index contributed by atoms with van der Waals surface area (Å²) in [5.41, 5.74) is 23.8. The normalized spacial score (nSPS) is 20.0. The molecule has 3 heteroatoms. The first-order valence-corrected chi connectivity index (χ1v) is 24.1. The van der Waals surface area contributed by atoms with Crippen LogP contribution in [-0.4, -0.2) is 11.3 Å². The van der Waals surface area contributed by atoms with Crippen LogP contribution < -0.4 is 10.4 Å². The van der Waals surface area contributed by atoms with Gasteiger partial charge in [0.05, 0.1) is 0 Å². The standard InChI is InChI=1S/C61H59BN2/c1-57(2)27-28-58(3,4)47-33-39(24-25-45(47)57)63-51-32-38(36-17-12-11-13-18-36)31-43-41-21-16-22-42-52-40-20-15-14-19-37(40)23-26-50(52)64(54(41)42)62(53(43)51)56-55(63)44-34-48-49(35-46(44)61(56,9)10)60(7,8)30-29-59(48,5)6/h11-26,31-35H,27-30H2,1-10H3. The third-order valence-corrected chi connectivity index (χ3v) is 17.5. The maximum absolute atomic E-state index is 2.80. The number of benzene rings is 7. The van der Waals surface area contributed by atoms with Crippen LogP contribution in [0.4, 0.5) is 11.4 Å². The van der Waals surface area contributed by atoms with Gasteiger partial charge in [-0.05, 0) is 150 Å². The van der Waals surface area contributed by atoms with Crippen molar-refractivity contribution < 1.29 is 0 Å². The van der Waals surface area contributed by atoms with Crippen LogP contribution in [0.5, 0.6) is 0 Å². The van der Waals surface area contributed by atoms with Crippen LogP contribution in [0.25, 0.3) is 60.5 Å². The molecule has 0 atom stereocenters. The summed E-state index contributed by atoms with van der Waals surface area (Å²) in [5, 5.41) is 5.33. The Morgan fingerprint density at radius 1 is 0.469 bits per heavy atom. The first kappa shape index (κ1) is 38.6. The fourth-order valence-electron chi connectivity index (χ4n) is 13.6. The first-order valence-electron chi connectivity index (χ1n) is 24.1. The van der Waals surface area contributed by atoms with Crippen molar-refractivity contribution in [3.05, 3.63) is 166 Å². The lowest BCUT2D eigenvalue weighted by atomic mass is 9.40. The molecule has 0 unspecified atom stereocenters. The van der Waals surface area contributed by atoms with Crippen LogP contribution in [0.3, 0.4) is 0 Å². The molecule has 13 rings (SSSR count). The van der Waals surface area contributed by atoms with Crippen molar-refractivity contribution in [1.82, 2.24) is 4.48 Å². The molecule has 64 heavy (non-hydrogen) atoms. The van der Waals surface area contributed by atoms with Gasteiger partial charge in [-0.1, -0.05) is 160 Å². The van der Waals surface area contributed by atoms with E-state index in [-0.39, 0.29) is 33.9 Å². The molecule has 3 heterocycles. The Morgan fingerprint density at radius 3 is 1.84 bits per heavy atom. The maximum atomic E-state index is 2.80. The van der Waals surface area contributed by atoms with Gasteiger partial charge in [0.15, 0.2) is 0 Å². The predicted molar refractivity (Wildman–Crippen MR) is 274 cm³/mol. The second-order valence-electron chi connectivity index (χ2n) is 23.4. The summed E-state index contributed by atoms with van der Waals surface area (Å²) in [4.78, 5) is 2.77. The molecular formula is C61H59BN2. The zero-order valence-electron chi connectivity index (χ0n) is 39.4. The molecule has 7 aromatic carbocycles. The second-order valence-corrected chi connectivity index (χ2v) is 23.4. The average molecular weight is 831 g/mol. The van der Waals surface area contributed by atoms with E-state index in [1.54, 1.807) is 5.56 Å². The molecule has 1 aromatic heterocycles. The first-order chi connectivity index (χ1) is 30.5. The molecule has 3 aliphatic carbocycles. The van der Waals surface area contributed by atoms with Crippen molar-refractivity contribution in [2.75, 3.05) is 4.90 Å². The smallest absolute Gasteiger partial charge is 0.329 e. The summed E-state index contributed by atoms with van der Waals surface area (Å²) in [5.74, 6) is 0. The summed E-state index contributed by atoms with van der Waals surface area (Å²) >= 11 is 0. The van der Waals surface area contributed by atoms with Gasteiger partial charge in [0.25, 0.3) is 0 Å². The van der Waals surface area contributed by atoms with E-state index in [4.69, 9.17) is 0 Å². The van der Waals surface area contributed by atoms with E-state index in [1.807, 2.05) is 0 Å². The molecule has 0 saturated carbocycles. The van der Waals surface area contributed by atoms with Gasteiger partial charge in [-0.3, -0.25) is 0 Å². The van der Waals surface area contributed by atoms with Gasteiger partial charge in [-0.2, -0.15) is 0 Å². The van der Waals surface area contributed by atoms with Gasteiger partial charge in [-0.25, -0.2) is 0 Å². The maximum Gasteiger partial charge on any atom is 0.329 e. The number of aromatic nitrogens is 1. The third kappa shape index (κ3) is 4.89. The topological polar surface area (TPSA) is 8.17 Å². The highest BCUT2D eigenvalue weighted by Gasteiger charge is 2.54. The van der Waals surface area contributed by atoms with Gasteiger partial charge in [0.1, 0.15) is 0 Å². The van der Waals surface area contributed by atoms with Crippen molar-refractivity contribution in [2.24, 2.45) is 0 Å². The fraction of sp³-hybridized carbons (Fsp3) is 0.311. The Balaban J connectivity index is 1.22. The van der Waals surface area contributed by atoms with Crippen LogP contribution in [0, 0.1) is 0 Å². The summed E-state index contributed by atoms with van der Waals surface area (Å²) < 4.78 is 2.80. The van der Waals surface area contributed by atoms with E-state index in [0.29, 0.717) is 0 Å². The van der Waals surface area contributed by atoms with E-state index in [9.17, 15) is 0 Å². The van der Waals surface area contributed by atoms with Crippen molar-refractivity contribution in [3.63, 3.8) is 0 Å². The number of allylic oxidation sites excluding steroid dienone is 1. The molecule has 316 valence electrons. The minimum absolute atomic E-state index is 0.00872. The third-order valence-electron chi connectivity index (χ3n) is 17.5. The monoisotopic (exact) mass is 830 g/mol. The number of anilines is 2. The molecule has 0 saturated heterocycles. The van der Waals surface area contributed by atoms with Crippen LogP contribution in [0.1, 0.15) is 128 Å². The SMILES string of the molecule is CC1(C)CCC(C)(C)c2cc(N3C4=C(B5c6c(cc(-c7ccccc7)cc63)-c3cccc6c7c8ccccc8ccc7n5c36)C(C)(C)c3cc5c(cc34)C(C)(C)CCC5(C)C)ccc21. The van der Waals surface area contributed by atoms with E-state index < -0.39 is 0 Å². The van der Waals surface area contributed by atoms with Crippen LogP contribution in [0.2, 0.25) is 0 Å². The van der Waals surface area contributed by atoms with Gasteiger partial charge >= 0.3 is 6.85 Å². The highest BCUT2D eigenvalue weighted by molar-refractivity contribution is 6.85. The Bertz CT molecular complexity index is 3420. The molecule has 0 amide bonds. The summed E-state index contributed by atoms with van der Waals surface area (Å²) in [7, 11) is 0. The largest absolute Gasteiger partial charge is 0.376 e. The number of rotatable bonds is 2. The molecule has 5 aliphatic rings. The van der Waals surface area contributed by atoms with Crippen molar-refractivity contribution >= 4 is 62.0 Å². The Hall–Kier alpha value is -5.80. The van der Waals surface area contributed by atoms with Gasteiger partial charge in [0.2, 0.25) is 0 Å². The number of hydrogen-bond donors (Lipinski definition) is 0. The average Bonchev–Trinajstić information content (AvgIpc) is 3.74. The summed E-state index contributed by atoms with van der Waals surface area (Å²) in [6, 6.07) is 50.1. The lowest BCUT2D eigenvalue weighted by Crippen LogP contribution is -2.52. The van der Waals surface area contributed by atoms with E-state index >= 15 is 0 Å². The molecule has 0 fully saturated rings. The minimum Gasteiger partial charge on any atom is -0.376 e. The number of hydrogen-bond acceptors (Lipinski definition) is 1. The molecule has 0 radical (unpaired) electrons. The Kier molecular flexibility index (Phi) is 7.43. The molecule has 0 spiro atoms. The summed E-state index contributed by atoms with van der Waals surface area (Å²) in [6.07, 6.45) is 4.77. The van der Waals surface area contributed by atoms with Crippen LogP contribution >= 0.6 is 0 Å². The van der Waals surface area contributed by atoms with Crippen molar-refractivity contribution in [3.8, 4) is 22.3 Å². The van der Waals surface area contributed by atoms with E-state index in [1.165, 1.54) is 136 Å². The zero-order valence-corrected chi connectivity index (χ0v) is 39.4. The molecule has 8 aromatic rings. The molecule has 2 aliphatic heterocycles. The molecule has 2 nitrogen and oxygen atoms in total. The molecular weight excluding hydrogens is 771 g/mol. The van der Waals surface area contributed by atoms with Crippen LogP contribution in [0.15, 0.2) is 133 Å². The molecule has 0 bridgehead atoms. The minimum atomic E-state index is -0.269. The lowest BCUT2D eigenvalue weighted by Gasteiger charge is -2.45. The summed E-state index contributed by atoms with van der Waals surface area (Å²) in [6.45, 7) is 24.9. The quantitative estimate of drug-likeness (QED) is 0.158. The molecule has 0 N–H and O–H groups in total. The van der Waals surface area contributed by atoms with Crippen LogP contribution in [-0.2, 0) is 27.1 Å². The number of nitrogens with zero attached hydrogens (tertiary/aromatic N) is 2. The highest BCUT2D eigenvalue weighted by atomic mass is 15.2. The Morgan fingerprint density at radius 2 is 1.11 bits per heavy atom. The van der Waals surface area contributed by atoms with Crippen molar-refractivity contribution in [2.45, 2.75) is 122 Å². The fourth-order valence-corrected chi connectivity index (χ4v) is 13.6. The van der Waals surface area contributed by atoms with E-state index in [0.717, 1.165) is 0 Å². The second kappa shape index (κ2) is 12.3. The predicted octanol–water partition coefficient (Wildman–Crippen LogP) is 15.4. The zero-order chi connectivity index (χ0) is 44.0. The number of para-hydroxylation sites is 1. The number of fused-ring (bicyclic) bond motifs is 12. The van der Waals surface area contributed by atoms with Gasteiger partial charge in [-0.15, -0.1) is 0 Å². The van der Waals surface area contributed by atoms with Gasteiger partial charge in [0, 0.05) is 55.4 Å². The highest BCUT2D eigenvalue weighted by Crippen LogP contribution is 2.60. The van der Waals surface area contributed by atoms with Crippen molar-refractivity contribution in [1.29, 1.82) is 0 Å². The van der Waals surface area contributed by atoms with Gasteiger partial charge < -0.3 is 9.38 Å².